The zero-order valence-electron chi connectivity index (χ0n) is 9.13. The van der Waals surface area contributed by atoms with E-state index < -0.39 is 17.6 Å². The van der Waals surface area contributed by atoms with E-state index in [0.717, 1.165) is 12.1 Å². The van der Waals surface area contributed by atoms with Gasteiger partial charge in [-0.3, -0.25) is 10.1 Å². The maximum absolute atomic E-state index is 10.6. The number of hydrogen-bond acceptors (Lipinski definition) is 6. The molecule has 7 nitrogen and oxygen atoms in total. The number of aliphatic hydroxyl groups is 2. The molecule has 0 fully saturated rings. The van der Waals surface area contributed by atoms with Crippen LogP contribution in [0.25, 0.3) is 0 Å². The lowest BCUT2D eigenvalue weighted by Gasteiger charge is -2.12. The highest BCUT2D eigenvalue weighted by Gasteiger charge is 2.16. The molecule has 1 atom stereocenters. The molecule has 0 saturated heterocycles. The Morgan fingerprint density at radius 2 is 2.28 bits per heavy atom. The fourth-order valence-corrected chi connectivity index (χ4v) is 1.53. The Morgan fingerprint density at radius 3 is 2.78 bits per heavy atom. The number of nitriles is 1. The molecule has 1 aromatic rings. The topological polar surface area (TPSA) is 119 Å². The summed E-state index contributed by atoms with van der Waals surface area (Å²) in [5.74, 6) is 0. The maximum Gasteiger partial charge on any atom is 0.272 e. The first-order valence-corrected chi connectivity index (χ1v) is 5.28. The molecule has 1 unspecified atom stereocenters. The Bertz CT molecular complexity index is 501. The number of halogens is 1. The fourth-order valence-electron chi connectivity index (χ4n) is 1.25. The third-order valence-electron chi connectivity index (χ3n) is 2.13. The maximum atomic E-state index is 10.6. The molecule has 8 heteroatoms. The molecular weight excluding hydrogens is 262 g/mol. The lowest BCUT2D eigenvalue weighted by Crippen LogP contribution is -2.23. The van der Waals surface area contributed by atoms with Gasteiger partial charge in [-0.15, -0.1) is 0 Å². The zero-order valence-corrected chi connectivity index (χ0v) is 9.89. The molecule has 0 radical (unpaired) electrons. The second-order valence-corrected chi connectivity index (χ2v) is 3.84. The quantitative estimate of drug-likeness (QED) is 0.540. The molecule has 0 aliphatic rings. The van der Waals surface area contributed by atoms with Crippen LogP contribution >= 0.6 is 11.6 Å². The predicted molar refractivity (Wildman–Crippen MR) is 64.4 cm³/mol. The van der Waals surface area contributed by atoms with Crippen molar-refractivity contribution in [2.75, 3.05) is 18.5 Å². The van der Waals surface area contributed by atoms with E-state index in [0.29, 0.717) is 0 Å². The number of aliphatic hydroxyl groups excluding tert-OH is 2. The number of nitro benzene ring substituents is 1. The van der Waals surface area contributed by atoms with Gasteiger partial charge in [0, 0.05) is 18.7 Å². The van der Waals surface area contributed by atoms with Gasteiger partial charge in [-0.2, -0.15) is 5.26 Å². The fraction of sp³-hybridized carbons (Fsp3) is 0.300. The molecule has 0 amide bonds. The van der Waals surface area contributed by atoms with Crippen molar-refractivity contribution in [1.29, 1.82) is 5.26 Å². The molecule has 18 heavy (non-hydrogen) atoms. The summed E-state index contributed by atoms with van der Waals surface area (Å²) in [6, 6.07) is 3.97. The predicted octanol–water partition coefficient (Wildman–Crippen LogP) is 0.885. The van der Waals surface area contributed by atoms with Gasteiger partial charge in [0.25, 0.3) is 5.69 Å². The van der Waals surface area contributed by atoms with Crippen molar-refractivity contribution in [3.05, 3.63) is 32.8 Å². The molecule has 0 heterocycles. The lowest BCUT2D eigenvalue weighted by atomic mass is 10.1. The highest BCUT2D eigenvalue weighted by molar-refractivity contribution is 6.33. The molecule has 0 bridgehead atoms. The molecule has 0 aliphatic carbocycles. The van der Waals surface area contributed by atoms with Crippen LogP contribution in [0.1, 0.15) is 5.56 Å². The Hall–Kier alpha value is -1.88. The van der Waals surface area contributed by atoms with Crippen LogP contribution in [0, 0.1) is 21.4 Å². The molecule has 1 aromatic carbocycles. The van der Waals surface area contributed by atoms with E-state index in [1.54, 1.807) is 6.07 Å². The van der Waals surface area contributed by atoms with E-state index >= 15 is 0 Å². The summed E-state index contributed by atoms with van der Waals surface area (Å²) in [5.41, 5.74) is -0.0959. The van der Waals surface area contributed by atoms with Crippen molar-refractivity contribution >= 4 is 23.0 Å². The van der Waals surface area contributed by atoms with E-state index in [-0.39, 0.29) is 28.5 Å². The second kappa shape index (κ2) is 6.16. The highest BCUT2D eigenvalue weighted by Crippen LogP contribution is 2.30. The summed E-state index contributed by atoms with van der Waals surface area (Å²) < 4.78 is 0. The van der Waals surface area contributed by atoms with Crippen LogP contribution in [0.4, 0.5) is 11.4 Å². The largest absolute Gasteiger partial charge is 0.394 e. The summed E-state index contributed by atoms with van der Waals surface area (Å²) in [5, 5.41) is 40.0. The van der Waals surface area contributed by atoms with E-state index in [2.05, 4.69) is 5.32 Å². The summed E-state index contributed by atoms with van der Waals surface area (Å²) in [4.78, 5) is 9.94. The number of hydrogen-bond donors (Lipinski definition) is 3. The Kier molecular flexibility index (Phi) is 4.85. The van der Waals surface area contributed by atoms with Gasteiger partial charge in [0.05, 0.1) is 33.9 Å². The van der Waals surface area contributed by atoms with Gasteiger partial charge < -0.3 is 15.5 Å². The summed E-state index contributed by atoms with van der Waals surface area (Å²) in [6.45, 7) is -0.470. The summed E-state index contributed by atoms with van der Waals surface area (Å²) in [7, 11) is 0. The van der Waals surface area contributed by atoms with Crippen molar-refractivity contribution in [3.63, 3.8) is 0 Å². The van der Waals surface area contributed by atoms with Crippen LogP contribution in [-0.4, -0.2) is 34.4 Å². The van der Waals surface area contributed by atoms with Crippen LogP contribution in [0.3, 0.4) is 0 Å². The standard InChI is InChI=1S/C10H10ClN3O4/c11-9-2-7(14(17)18)1-6(3-12)10(9)13-4-8(16)5-15/h1-2,8,13,15-16H,4-5H2. The SMILES string of the molecule is N#Cc1cc([N+](=O)[O-])cc(Cl)c1NCC(O)CO. The van der Waals surface area contributed by atoms with Gasteiger partial charge in [0.2, 0.25) is 0 Å². The summed E-state index contributed by atoms with van der Waals surface area (Å²) in [6.07, 6.45) is -1.01. The monoisotopic (exact) mass is 271 g/mol. The molecular formula is C10H10ClN3O4. The van der Waals surface area contributed by atoms with Crippen molar-refractivity contribution in [2.45, 2.75) is 6.10 Å². The number of nitrogens with one attached hydrogen (secondary N) is 1. The van der Waals surface area contributed by atoms with Crippen LogP contribution < -0.4 is 5.32 Å². The van der Waals surface area contributed by atoms with Gasteiger partial charge in [-0.1, -0.05) is 11.6 Å². The van der Waals surface area contributed by atoms with Gasteiger partial charge >= 0.3 is 0 Å². The van der Waals surface area contributed by atoms with Gasteiger partial charge in [0.1, 0.15) is 6.07 Å². The average Bonchev–Trinajstić information content (AvgIpc) is 2.35. The van der Waals surface area contributed by atoms with E-state index in [1.807, 2.05) is 0 Å². The number of anilines is 1. The van der Waals surface area contributed by atoms with Crippen LogP contribution in [0.5, 0.6) is 0 Å². The van der Waals surface area contributed by atoms with Crippen LogP contribution in [-0.2, 0) is 0 Å². The molecule has 3 N–H and O–H groups in total. The molecule has 0 aromatic heterocycles. The Balaban J connectivity index is 3.05. The van der Waals surface area contributed by atoms with E-state index in [1.165, 1.54) is 0 Å². The van der Waals surface area contributed by atoms with Crippen molar-refractivity contribution in [2.24, 2.45) is 0 Å². The first kappa shape index (κ1) is 14.2. The smallest absolute Gasteiger partial charge is 0.272 e. The third kappa shape index (κ3) is 3.30. The van der Waals surface area contributed by atoms with Gasteiger partial charge in [-0.05, 0) is 0 Å². The third-order valence-corrected chi connectivity index (χ3v) is 2.43. The summed E-state index contributed by atoms with van der Waals surface area (Å²) >= 11 is 5.82. The normalized spacial score (nSPS) is 11.7. The molecule has 0 spiro atoms. The minimum absolute atomic E-state index is 0.000611. The minimum Gasteiger partial charge on any atom is -0.394 e. The molecule has 1 rings (SSSR count). The lowest BCUT2D eigenvalue weighted by molar-refractivity contribution is -0.384. The second-order valence-electron chi connectivity index (χ2n) is 3.44. The van der Waals surface area contributed by atoms with Crippen molar-refractivity contribution < 1.29 is 15.1 Å². The average molecular weight is 272 g/mol. The van der Waals surface area contributed by atoms with Crippen LogP contribution in [0.2, 0.25) is 5.02 Å². The minimum atomic E-state index is -1.01. The Labute approximate surface area is 107 Å². The number of nitrogens with zero attached hydrogens (tertiary/aromatic N) is 2. The van der Waals surface area contributed by atoms with Crippen LogP contribution in [0.15, 0.2) is 12.1 Å². The van der Waals surface area contributed by atoms with Crippen molar-refractivity contribution in [3.8, 4) is 6.07 Å². The zero-order chi connectivity index (χ0) is 13.7. The number of rotatable bonds is 5. The molecule has 0 aliphatic heterocycles. The first-order valence-electron chi connectivity index (χ1n) is 4.90. The molecule has 96 valence electrons. The van der Waals surface area contributed by atoms with E-state index in [9.17, 15) is 10.1 Å². The van der Waals surface area contributed by atoms with E-state index in [4.69, 9.17) is 27.1 Å². The number of nitro groups is 1. The van der Waals surface area contributed by atoms with Gasteiger partial charge in [-0.25, -0.2) is 0 Å². The number of non-ortho nitro benzene ring substituents is 1. The highest BCUT2D eigenvalue weighted by atomic mass is 35.5. The van der Waals surface area contributed by atoms with Crippen molar-refractivity contribution in [1.82, 2.24) is 0 Å². The van der Waals surface area contributed by atoms with Gasteiger partial charge in [0.15, 0.2) is 0 Å². The molecule has 0 saturated carbocycles. The first-order chi connectivity index (χ1) is 8.49. The Morgan fingerprint density at radius 1 is 1.61 bits per heavy atom. The number of benzene rings is 1.